The summed E-state index contributed by atoms with van der Waals surface area (Å²) in [5, 5.41) is 0. The van der Waals surface area contributed by atoms with Crippen molar-refractivity contribution < 1.29 is 8.78 Å². The van der Waals surface area contributed by atoms with Gasteiger partial charge in [-0.15, -0.1) is 0 Å². The summed E-state index contributed by atoms with van der Waals surface area (Å²) < 4.78 is 26.4. The fourth-order valence-corrected chi connectivity index (χ4v) is 2.53. The predicted molar refractivity (Wildman–Crippen MR) is 63.8 cm³/mol. The van der Waals surface area contributed by atoms with Crippen LogP contribution in [0, 0.1) is 11.6 Å². The molecule has 0 amide bonds. The molecule has 0 spiro atoms. The van der Waals surface area contributed by atoms with Crippen LogP contribution in [0.4, 0.5) is 8.78 Å². The van der Waals surface area contributed by atoms with Gasteiger partial charge in [0.25, 0.3) is 0 Å². The lowest BCUT2D eigenvalue weighted by Gasteiger charge is -2.09. The molecule has 0 heterocycles. The highest BCUT2D eigenvalue weighted by Gasteiger charge is 2.15. The highest BCUT2D eigenvalue weighted by Crippen LogP contribution is 2.33. The Morgan fingerprint density at radius 1 is 0.706 bits per heavy atom. The average Bonchev–Trinajstić information content (AvgIpc) is 2.47. The predicted octanol–water partition coefficient (Wildman–Crippen LogP) is 4.12. The van der Waals surface area contributed by atoms with E-state index in [2.05, 4.69) is 0 Å². The van der Waals surface area contributed by atoms with Crippen LogP contribution < -0.4 is 0 Å². The Balaban J connectivity index is 2.24. The van der Waals surface area contributed by atoms with E-state index < -0.39 is 0 Å². The SMILES string of the molecule is Fc1ccc2c(c1)CCCc1cc(F)ccc1-2. The molecule has 0 unspecified atom stereocenters. The van der Waals surface area contributed by atoms with Crippen LogP contribution >= 0.6 is 0 Å². The lowest BCUT2D eigenvalue weighted by molar-refractivity contribution is 0.624. The Kier molecular flexibility index (Phi) is 2.43. The molecule has 0 fully saturated rings. The number of aryl methyl sites for hydroxylation is 2. The lowest BCUT2D eigenvalue weighted by atomic mass is 9.96. The zero-order chi connectivity index (χ0) is 11.8. The Morgan fingerprint density at radius 3 is 1.65 bits per heavy atom. The van der Waals surface area contributed by atoms with E-state index in [0.29, 0.717) is 0 Å². The van der Waals surface area contributed by atoms with Crippen molar-refractivity contribution >= 4 is 0 Å². The maximum absolute atomic E-state index is 13.2. The molecular formula is C15H12F2. The molecule has 0 N–H and O–H groups in total. The Labute approximate surface area is 98.9 Å². The van der Waals surface area contributed by atoms with Crippen LogP contribution in [0.25, 0.3) is 11.1 Å². The Bertz CT molecular complexity index is 522. The second-order valence-electron chi connectivity index (χ2n) is 4.46. The van der Waals surface area contributed by atoms with E-state index >= 15 is 0 Å². The lowest BCUT2D eigenvalue weighted by Crippen LogP contribution is -1.90. The van der Waals surface area contributed by atoms with E-state index in [-0.39, 0.29) is 11.6 Å². The maximum Gasteiger partial charge on any atom is 0.123 e. The van der Waals surface area contributed by atoms with Crippen molar-refractivity contribution in [2.24, 2.45) is 0 Å². The van der Waals surface area contributed by atoms with Crippen molar-refractivity contribution in [3.05, 3.63) is 59.2 Å². The molecule has 2 heteroatoms. The second-order valence-corrected chi connectivity index (χ2v) is 4.46. The first-order chi connectivity index (χ1) is 8.24. The molecule has 1 aliphatic carbocycles. The van der Waals surface area contributed by atoms with Gasteiger partial charge in [-0.05, 0) is 65.8 Å². The van der Waals surface area contributed by atoms with Gasteiger partial charge < -0.3 is 0 Å². The van der Waals surface area contributed by atoms with Gasteiger partial charge in [-0.25, -0.2) is 8.78 Å². The van der Waals surface area contributed by atoms with E-state index in [1.54, 1.807) is 24.3 Å². The molecule has 1 aliphatic rings. The zero-order valence-electron chi connectivity index (χ0n) is 9.34. The van der Waals surface area contributed by atoms with Crippen LogP contribution in [-0.4, -0.2) is 0 Å². The minimum atomic E-state index is -0.200. The molecule has 0 aliphatic heterocycles. The van der Waals surface area contributed by atoms with E-state index in [0.717, 1.165) is 41.5 Å². The van der Waals surface area contributed by atoms with Gasteiger partial charge in [0.1, 0.15) is 11.6 Å². The fraction of sp³-hybridized carbons (Fsp3) is 0.200. The first-order valence-corrected chi connectivity index (χ1v) is 5.81. The second kappa shape index (κ2) is 3.95. The molecule has 0 nitrogen and oxygen atoms in total. The van der Waals surface area contributed by atoms with Gasteiger partial charge in [0.2, 0.25) is 0 Å². The van der Waals surface area contributed by atoms with E-state index in [1.807, 2.05) is 0 Å². The molecular weight excluding hydrogens is 218 g/mol. The number of rotatable bonds is 0. The van der Waals surface area contributed by atoms with Crippen molar-refractivity contribution in [1.82, 2.24) is 0 Å². The smallest absolute Gasteiger partial charge is 0.123 e. The van der Waals surface area contributed by atoms with Gasteiger partial charge in [-0.1, -0.05) is 12.1 Å². The number of benzene rings is 2. The summed E-state index contributed by atoms with van der Waals surface area (Å²) in [6.45, 7) is 0. The van der Waals surface area contributed by atoms with Gasteiger partial charge in [0.05, 0.1) is 0 Å². The molecule has 86 valence electrons. The third-order valence-electron chi connectivity index (χ3n) is 3.32. The van der Waals surface area contributed by atoms with Gasteiger partial charge in [0, 0.05) is 0 Å². The van der Waals surface area contributed by atoms with Crippen molar-refractivity contribution in [3.8, 4) is 11.1 Å². The van der Waals surface area contributed by atoms with Crippen LogP contribution in [0.2, 0.25) is 0 Å². The quantitative estimate of drug-likeness (QED) is 0.638. The number of hydrogen-bond donors (Lipinski definition) is 0. The monoisotopic (exact) mass is 230 g/mol. The first kappa shape index (κ1) is 10.5. The molecule has 0 bridgehead atoms. The van der Waals surface area contributed by atoms with Gasteiger partial charge in [0.15, 0.2) is 0 Å². The molecule has 2 aromatic carbocycles. The molecule has 0 aromatic heterocycles. The minimum Gasteiger partial charge on any atom is -0.207 e. The summed E-state index contributed by atoms with van der Waals surface area (Å²) in [7, 11) is 0. The standard InChI is InChI=1S/C15H12F2/c16-12-4-6-14-10(8-12)2-1-3-11-9-13(17)5-7-15(11)14/h4-9H,1-3H2. The third-order valence-corrected chi connectivity index (χ3v) is 3.32. The molecule has 0 saturated heterocycles. The highest BCUT2D eigenvalue weighted by molar-refractivity contribution is 5.71. The average molecular weight is 230 g/mol. The van der Waals surface area contributed by atoms with Crippen molar-refractivity contribution in [3.63, 3.8) is 0 Å². The molecule has 0 radical (unpaired) electrons. The van der Waals surface area contributed by atoms with Gasteiger partial charge in [-0.2, -0.15) is 0 Å². The normalized spacial score (nSPS) is 13.8. The topological polar surface area (TPSA) is 0 Å². The zero-order valence-corrected chi connectivity index (χ0v) is 9.34. The first-order valence-electron chi connectivity index (χ1n) is 5.81. The van der Waals surface area contributed by atoms with Crippen molar-refractivity contribution in [2.75, 3.05) is 0 Å². The van der Waals surface area contributed by atoms with Crippen LogP contribution in [0.5, 0.6) is 0 Å². The molecule has 17 heavy (non-hydrogen) atoms. The third kappa shape index (κ3) is 1.84. The largest absolute Gasteiger partial charge is 0.207 e. The van der Waals surface area contributed by atoms with E-state index in [1.165, 1.54) is 12.1 Å². The summed E-state index contributed by atoms with van der Waals surface area (Å²) in [4.78, 5) is 0. The molecule has 0 atom stereocenters. The van der Waals surface area contributed by atoms with Gasteiger partial charge in [-0.3, -0.25) is 0 Å². The summed E-state index contributed by atoms with van der Waals surface area (Å²) in [5.74, 6) is -0.399. The molecule has 3 rings (SSSR count). The summed E-state index contributed by atoms with van der Waals surface area (Å²) in [6.07, 6.45) is 2.64. The Morgan fingerprint density at radius 2 is 1.18 bits per heavy atom. The molecule has 2 aromatic rings. The van der Waals surface area contributed by atoms with Crippen molar-refractivity contribution in [1.29, 1.82) is 0 Å². The fourth-order valence-electron chi connectivity index (χ4n) is 2.53. The highest BCUT2D eigenvalue weighted by atomic mass is 19.1. The van der Waals surface area contributed by atoms with E-state index in [4.69, 9.17) is 0 Å². The van der Waals surface area contributed by atoms with Crippen LogP contribution in [0.15, 0.2) is 36.4 Å². The minimum absolute atomic E-state index is 0.200. The Hall–Kier alpha value is -1.70. The van der Waals surface area contributed by atoms with Crippen LogP contribution in [-0.2, 0) is 12.8 Å². The summed E-state index contributed by atoms with van der Waals surface area (Å²) >= 11 is 0. The summed E-state index contributed by atoms with van der Waals surface area (Å²) in [6, 6.07) is 9.72. The van der Waals surface area contributed by atoms with Gasteiger partial charge >= 0.3 is 0 Å². The number of fused-ring (bicyclic) bond motifs is 3. The number of hydrogen-bond acceptors (Lipinski definition) is 0. The number of halogens is 2. The summed E-state index contributed by atoms with van der Waals surface area (Å²) in [5.41, 5.74) is 4.13. The maximum atomic E-state index is 13.2. The van der Waals surface area contributed by atoms with Crippen LogP contribution in [0.3, 0.4) is 0 Å². The van der Waals surface area contributed by atoms with Crippen LogP contribution in [0.1, 0.15) is 17.5 Å². The van der Waals surface area contributed by atoms with Crippen molar-refractivity contribution in [2.45, 2.75) is 19.3 Å². The molecule has 0 saturated carbocycles. The van der Waals surface area contributed by atoms with E-state index in [9.17, 15) is 8.78 Å².